The molecular formula is C2H4FNO6S. The van der Waals surface area contributed by atoms with Gasteiger partial charge in [0.15, 0.2) is 0 Å². The highest BCUT2D eigenvalue weighted by Gasteiger charge is 2.24. The molecule has 7 nitrogen and oxygen atoms in total. The number of halogens is 1. The van der Waals surface area contributed by atoms with Crippen LogP contribution in [-0.4, -0.2) is 19.6 Å². The van der Waals surface area contributed by atoms with E-state index in [2.05, 4.69) is 8.57 Å². The Labute approximate surface area is 61.1 Å². The third kappa shape index (κ3) is 3.80. The molecule has 0 aliphatic carbocycles. The van der Waals surface area contributed by atoms with E-state index in [0.29, 0.717) is 0 Å². The molecule has 0 radical (unpaired) electrons. The molecule has 0 saturated heterocycles. The molecule has 0 N–H and O–H groups in total. The van der Waals surface area contributed by atoms with E-state index in [0.717, 1.165) is 6.92 Å². The summed E-state index contributed by atoms with van der Waals surface area (Å²) in [5.41, 5.74) is 0. The van der Waals surface area contributed by atoms with Crippen molar-refractivity contribution in [2.75, 3.05) is 0 Å². The Morgan fingerprint density at radius 3 is 2.36 bits per heavy atom. The van der Waals surface area contributed by atoms with Gasteiger partial charge >= 0.3 is 16.6 Å². The highest BCUT2D eigenvalue weighted by molar-refractivity contribution is 7.81. The molecule has 0 heterocycles. The Morgan fingerprint density at radius 1 is 1.64 bits per heavy atom. The van der Waals surface area contributed by atoms with Crippen molar-refractivity contribution in [3.8, 4) is 0 Å². The number of nitrogens with zero attached hydrogens (tertiary/aromatic N) is 1. The Balaban J connectivity index is 4.16. The quantitative estimate of drug-likeness (QED) is 0.344. The first-order valence-corrected chi connectivity index (χ1v) is 3.59. The third-order valence-corrected chi connectivity index (χ3v) is 1.30. The van der Waals surface area contributed by atoms with E-state index in [-0.39, 0.29) is 0 Å². The molecule has 1 unspecified atom stereocenters. The maximum Gasteiger partial charge on any atom is 0.436 e. The lowest BCUT2D eigenvalue weighted by atomic mass is 10.7. The average Bonchev–Trinajstić information content (AvgIpc) is 1.87. The zero-order chi connectivity index (χ0) is 9.07. The number of hydrogen-bond acceptors (Lipinski definition) is 6. The molecule has 0 aromatic carbocycles. The molecule has 11 heavy (non-hydrogen) atoms. The van der Waals surface area contributed by atoms with Gasteiger partial charge in [-0.15, -0.1) is 0 Å². The van der Waals surface area contributed by atoms with Gasteiger partial charge in [0, 0.05) is 6.92 Å². The van der Waals surface area contributed by atoms with Crippen LogP contribution < -0.4 is 0 Å². The maximum absolute atomic E-state index is 11.0. The molecule has 0 bridgehead atoms. The minimum atomic E-state index is -4.87. The average molecular weight is 189 g/mol. The zero-order valence-corrected chi connectivity index (χ0v) is 6.08. The topological polar surface area (TPSA) is 95.7 Å². The normalized spacial score (nSPS) is 14.4. The molecule has 1 atom stereocenters. The summed E-state index contributed by atoms with van der Waals surface area (Å²) < 4.78 is 36.8. The SMILES string of the molecule is CC(OS(=O)(=O)OF)[N+](=O)[O-]. The van der Waals surface area contributed by atoms with Crippen molar-refractivity contribution in [3.63, 3.8) is 0 Å². The lowest BCUT2D eigenvalue weighted by molar-refractivity contribution is -0.558. The molecule has 0 rings (SSSR count). The summed E-state index contributed by atoms with van der Waals surface area (Å²) in [6, 6.07) is 0. The standard InChI is InChI=1S/C2H4FNO6S/c1-2(4(5)6)9-11(7,8)10-3/h2H,1H3. The van der Waals surface area contributed by atoms with Crippen LogP contribution in [0.4, 0.5) is 4.53 Å². The fourth-order valence-corrected chi connectivity index (χ4v) is 0.662. The van der Waals surface area contributed by atoms with Crippen molar-refractivity contribution >= 4 is 10.4 Å². The van der Waals surface area contributed by atoms with Gasteiger partial charge in [0.1, 0.15) is 0 Å². The van der Waals surface area contributed by atoms with Crippen LogP contribution >= 0.6 is 0 Å². The summed E-state index contributed by atoms with van der Waals surface area (Å²) in [4.78, 5) is 8.67. The molecule has 66 valence electrons. The van der Waals surface area contributed by atoms with Crippen LogP contribution in [0.2, 0.25) is 0 Å². The fourth-order valence-electron chi connectivity index (χ4n) is 0.221. The van der Waals surface area contributed by atoms with Crippen LogP contribution in [-0.2, 0) is 19.0 Å². The van der Waals surface area contributed by atoms with Gasteiger partial charge in [-0.05, 0) is 8.91 Å². The first-order valence-electron chi connectivity index (χ1n) is 2.26. The smallest absolute Gasteiger partial charge is 0.262 e. The second kappa shape index (κ2) is 3.55. The van der Waals surface area contributed by atoms with Crippen LogP contribution in [0.15, 0.2) is 0 Å². The van der Waals surface area contributed by atoms with Gasteiger partial charge in [0.2, 0.25) is 0 Å². The summed E-state index contributed by atoms with van der Waals surface area (Å²) in [5.74, 6) is 0. The van der Waals surface area contributed by atoms with E-state index < -0.39 is 21.6 Å². The highest BCUT2D eigenvalue weighted by atomic mass is 32.3. The zero-order valence-electron chi connectivity index (χ0n) is 5.26. The third-order valence-electron chi connectivity index (χ3n) is 0.631. The molecule has 0 aromatic rings. The van der Waals surface area contributed by atoms with Gasteiger partial charge in [-0.1, -0.05) is 0 Å². The summed E-state index contributed by atoms with van der Waals surface area (Å²) in [6.45, 7) is 0.816. The minimum Gasteiger partial charge on any atom is -0.262 e. The lowest BCUT2D eigenvalue weighted by Gasteiger charge is -2.00. The van der Waals surface area contributed by atoms with Crippen molar-refractivity contribution in [2.45, 2.75) is 13.2 Å². The van der Waals surface area contributed by atoms with Crippen LogP contribution in [0.1, 0.15) is 6.92 Å². The molecule has 0 aliphatic rings. The molecule has 0 aromatic heterocycles. The van der Waals surface area contributed by atoms with Crippen molar-refractivity contribution in [1.82, 2.24) is 0 Å². The predicted octanol–water partition coefficient (Wildman–Crippen LogP) is -0.228. The summed E-state index contributed by atoms with van der Waals surface area (Å²) in [5, 5.41) is 9.73. The Bertz CT molecular complexity index is 235. The van der Waals surface area contributed by atoms with Crippen molar-refractivity contribution in [1.29, 1.82) is 0 Å². The van der Waals surface area contributed by atoms with E-state index in [4.69, 9.17) is 0 Å². The fraction of sp³-hybridized carbons (Fsp3) is 1.00. The van der Waals surface area contributed by atoms with E-state index in [9.17, 15) is 23.1 Å². The van der Waals surface area contributed by atoms with Crippen LogP contribution in [0, 0.1) is 10.1 Å². The first kappa shape index (κ1) is 10.2. The molecule has 0 spiro atoms. The molecule has 0 amide bonds. The van der Waals surface area contributed by atoms with Gasteiger partial charge in [0.25, 0.3) is 0 Å². The van der Waals surface area contributed by atoms with Gasteiger partial charge in [-0.3, -0.25) is 10.1 Å². The molecule has 0 saturated carbocycles. The molecular weight excluding hydrogens is 185 g/mol. The Kier molecular flexibility index (Phi) is 3.29. The molecule has 0 aliphatic heterocycles. The van der Waals surface area contributed by atoms with E-state index in [1.807, 2.05) is 0 Å². The summed E-state index contributed by atoms with van der Waals surface area (Å²) in [7, 11) is -4.87. The number of nitro groups is 1. The van der Waals surface area contributed by atoms with Crippen molar-refractivity contribution in [2.24, 2.45) is 0 Å². The summed E-state index contributed by atoms with van der Waals surface area (Å²) >= 11 is 0. The maximum atomic E-state index is 11.0. The van der Waals surface area contributed by atoms with Crippen molar-refractivity contribution < 1.29 is 26.4 Å². The number of hydrogen-bond donors (Lipinski definition) is 0. The molecule has 9 heteroatoms. The van der Waals surface area contributed by atoms with Gasteiger partial charge < -0.3 is 0 Å². The van der Waals surface area contributed by atoms with Gasteiger partial charge in [-0.25, -0.2) is 0 Å². The van der Waals surface area contributed by atoms with Crippen LogP contribution in [0.3, 0.4) is 0 Å². The lowest BCUT2D eigenvalue weighted by Crippen LogP contribution is -2.23. The monoisotopic (exact) mass is 189 g/mol. The second-order valence-corrected chi connectivity index (χ2v) is 2.59. The second-order valence-electron chi connectivity index (χ2n) is 1.45. The van der Waals surface area contributed by atoms with Crippen LogP contribution in [0.25, 0.3) is 0 Å². The largest absolute Gasteiger partial charge is 0.436 e. The van der Waals surface area contributed by atoms with E-state index in [1.165, 1.54) is 0 Å². The molecule has 0 fully saturated rings. The summed E-state index contributed by atoms with van der Waals surface area (Å²) in [6.07, 6.45) is -1.87. The minimum absolute atomic E-state index is 0.816. The van der Waals surface area contributed by atoms with E-state index >= 15 is 0 Å². The Morgan fingerprint density at radius 2 is 2.09 bits per heavy atom. The van der Waals surface area contributed by atoms with Gasteiger partial charge in [-0.2, -0.15) is 12.6 Å². The van der Waals surface area contributed by atoms with Crippen molar-refractivity contribution in [3.05, 3.63) is 10.1 Å². The first-order chi connectivity index (χ1) is 4.89. The predicted molar refractivity (Wildman–Crippen MR) is 28.7 cm³/mol. The van der Waals surface area contributed by atoms with Gasteiger partial charge in [0.05, 0.1) is 4.92 Å². The Hall–Kier alpha value is -0.800. The van der Waals surface area contributed by atoms with Crippen LogP contribution in [0.5, 0.6) is 0 Å². The number of rotatable bonds is 4. The highest BCUT2D eigenvalue weighted by Crippen LogP contribution is 2.01. The van der Waals surface area contributed by atoms with E-state index in [1.54, 1.807) is 0 Å².